The van der Waals surface area contributed by atoms with E-state index in [4.69, 9.17) is 0 Å². The van der Waals surface area contributed by atoms with Gasteiger partial charge in [-0.2, -0.15) is 0 Å². The molecule has 0 N–H and O–H groups in total. The lowest BCUT2D eigenvalue weighted by molar-refractivity contribution is 0.0947. The standard InChI is InChI=1S/C18H23NOS/c1-14(2)15-6-8-16(9-7-15)18(20)13-19(3)11-10-17-5-4-12-21-17/h4-9,12,14H,10-11,13H2,1-3H3. The number of carbonyl (C=O) groups is 1. The van der Waals surface area contributed by atoms with E-state index in [1.54, 1.807) is 11.3 Å². The number of ketones is 1. The second-order valence-corrected chi connectivity index (χ2v) is 6.80. The van der Waals surface area contributed by atoms with Crippen molar-refractivity contribution in [3.8, 4) is 0 Å². The first kappa shape index (κ1) is 15.9. The van der Waals surface area contributed by atoms with Gasteiger partial charge in [0.15, 0.2) is 5.78 Å². The predicted octanol–water partition coefficient (Wildman–Crippen LogP) is 4.23. The minimum absolute atomic E-state index is 0.194. The van der Waals surface area contributed by atoms with Crippen LogP contribution in [-0.2, 0) is 6.42 Å². The highest BCUT2D eigenvalue weighted by Gasteiger charge is 2.10. The molecule has 0 aliphatic carbocycles. The van der Waals surface area contributed by atoms with E-state index in [-0.39, 0.29) is 5.78 Å². The Bertz CT molecular complexity index is 557. The number of hydrogen-bond acceptors (Lipinski definition) is 3. The lowest BCUT2D eigenvalue weighted by Crippen LogP contribution is -2.27. The Balaban J connectivity index is 1.85. The third-order valence-electron chi connectivity index (χ3n) is 3.63. The van der Waals surface area contributed by atoms with Gasteiger partial charge in [-0.15, -0.1) is 11.3 Å². The van der Waals surface area contributed by atoms with Crippen LogP contribution in [0.25, 0.3) is 0 Å². The fourth-order valence-electron chi connectivity index (χ4n) is 2.23. The molecule has 0 amide bonds. The molecule has 2 nitrogen and oxygen atoms in total. The van der Waals surface area contributed by atoms with Crippen LogP contribution in [0.15, 0.2) is 41.8 Å². The number of hydrogen-bond donors (Lipinski definition) is 0. The molecule has 0 spiro atoms. The van der Waals surface area contributed by atoms with Crippen molar-refractivity contribution in [1.29, 1.82) is 0 Å². The quantitative estimate of drug-likeness (QED) is 0.713. The third-order valence-corrected chi connectivity index (χ3v) is 4.57. The average Bonchev–Trinajstić information content (AvgIpc) is 2.98. The molecule has 112 valence electrons. The number of rotatable bonds is 7. The van der Waals surface area contributed by atoms with Crippen LogP contribution in [-0.4, -0.2) is 30.8 Å². The normalized spacial score (nSPS) is 11.3. The summed E-state index contributed by atoms with van der Waals surface area (Å²) in [6, 6.07) is 12.2. The SMILES string of the molecule is CC(C)c1ccc(C(=O)CN(C)CCc2cccs2)cc1. The fourth-order valence-corrected chi connectivity index (χ4v) is 2.92. The second-order valence-electron chi connectivity index (χ2n) is 5.77. The molecule has 0 aliphatic heterocycles. The van der Waals surface area contributed by atoms with Crippen molar-refractivity contribution < 1.29 is 4.79 Å². The van der Waals surface area contributed by atoms with Crippen LogP contribution in [0.1, 0.15) is 40.6 Å². The first-order chi connectivity index (χ1) is 10.1. The van der Waals surface area contributed by atoms with Gasteiger partial charge in [0, 0.05) is 17.0 Å². The molecule has 2 aromatic rings. The maximum atomic E-state index is 12.3. The molecule has 1 aromatic heterocycles. The van der Waals surface area contributed by atoms with E-state index in [1.165, 1.54) is 10.4 Å². The van der Waals surface area contributed by atoms with Gasteiger partial charge in [-0.25, -0.2) is 0 Å². The van der Waals surface area contributed by atoms with Crippen molar-refractivity contribution in [3.05, 3.63) is 57.8 Å². The van der Waals surface area contributed by atoms with E-state index in [0.29, 0.717) is 12.5 Å². The highest BCUT2D eigenvalue weighted by Crippen LogP contribution is 2.15. The molecule has 0 radical (unpaired) electrons. The lowest BCUT2D eigenvalue weighted by Gasteiger charge is -2.15. The Kier molecular flexibility index (Phi) is 5.71. The summed E-state index contributed by atoms with van der Waals surface area (Å²) >= 11 is 1.77. The molecule has 1 aromatic carbocycles. The number of likely N-dealkylation sites (N-methyl/N-ethyl adjacent to an activating group) is 1. The molecule has 0 saturated carbocycles. The van der Waals surface area contributed by atoms with E-state index in [2.05, 4.69) is 48.4 Å². The molecule has 0 aliphatic rings. The number of nitrogens with zero attached hydrogens (tertiary/aromatic N) is 1. The molecule has 2 rings (SSSR count). The van der Waals surface area contributed by atoms with E-state index >= 15 is 0 Å². The van der Waals surface area contributed by atoms with Crippen LogP contribution >= 0.6 is 11.3 Å². The zero-order chi connectivity index (χ0) is 15.2. The minimum atomic E-state index is 0.194. The summed E-state index contributed by atoms with van der Waals surface area (Å²) < 4.78 is 0. The van der Waals surface area contributed by atoms with Gasteiger partial charge in [0.1, 0.15) is 0 Å². The lowest BCUT2D eigenvalue weighted by atomic mass is 10.0. The Morgan fingerprint density at radius 1 is 1.19 bits per heavy atom. The van der Waals surface area contributed by atoms with Gasteiger partial charge in [0.2, 0.25) is 0 Å². The van der Waals surface area contributed by atoms with Crippen LogP contribution in [0.5, 0.6) is 0 Å². The zero-order valence-electron chi connectivity index (χ0n) is 13.0. The van der Waals surface area contributed by atoms with Crippen molar-refractivity contribution >= 4 is 17.1 Å². The highest BCUT2D eigenvalue weighted by molar-refractivity contribution is 7.09. The van der Waals surface area contributed by atoms with E-state index < -0.39 is 0 Å². The summed E-state index contributed by atoms with van der Waals surface area (Å²) in [5, 5.41) is 2.09. The van der Waals surface area contributed by atoms with Gasteiger partial charge in [-0.3, -0.25) is 9.69 Å². The molecule has 0 saturated heterocycles. The summed E-state index contributed by atoms with van der Waals surface area (Å²) in [6.07, 6.45) is 1.01. The van der Waals surface area contributed by atoms with Gasteiger partial charge in [-0.05, 0) is 36.4 Å². The van der Waals surface area contributed by atoms with Gasteiger partial charge in [-0.1, -0.05) is 44.2 Å². The summed E-state index contributed by atoms with van der Waals surface area (Å²) in [6.45, 7) is 5.72. The Labute approximate surface area is 131 Å². The van der Waals surface area contributed by atoms with E-state index in [9.17, 15) is 4.79 Å². The Morgan fingerprint density at radius 2 is 1.90 bits per heavy atom. The Morgan fingerprint density at radius 3 is 2.48 bits per heavy atom. The molecular formula is C18H23NOS. The topological polar surface area (TPSA) is 20.3 Å². The second kappa shape index (κ2) is 7.53. The van der Waals surface area contributed by atoms with Crippen molar-refractivity contribution in [2.24, 2.45) is 0 Å². The smallest absolute Gasteiger partial charge is 0.176 e. The predicted molar refractivity (Wildman–Crippen MR) is 90.4 cm³/mol. The molecule has 0 bridgehead atoms. The maximum absolute atomic E-state index is 12.3. The third kappa shape index (κ3) is 4.80. The van der Waals surface area contributed by atoms with Gasteiger partial charge in [0.25, 0.3) is 0 Å². The van der Waals surface area contributed by atoms with Crippen LogP contribution in [0, 0.1) is 0 Å². The number of Topliss-reactive ketones (excluding diaryl/α,β-unsaturated/α-hetero) is 1. The summed E-state index contributed by atoms with van der Waals surface area (Å²) in [5.74, 6) is 0.696. The maximum Gasteiger partial charge on any atom is 0.176 e. The molecule has 0 atom stereocenters. The van der Waals surface area contributed by atoms with Crippen LogP contribution in [0.4, 0.5) is 0 Å². The molecular weight excluding hydrogens is 278 g/mol. The summed E-state index contributed by atoms with van der Waals surface area (Å²) in [5.41, 5.74) is 2.08. The average molecular weight is 301 g/mol. The first-order valence-electron chi connectivity index (χ1n) is 7.40. The largest absolute Gasteiger partial charge is 0.299 e. The molecule has 0 fully saturated rings. The summed E-state index contributed by atoms with van der Waals surface area (Å²) in [4.78, 5) is 15.7. The Hall–Kier alpha value is -1.45. The van der Waals surface area contributed by atoms with Crippen molar-refractivity contribution in [2.75, 3.05) is 20.1 Å². The molecule has 3 heteroatoms. The first-order valence-corrected chi connectivity index (χ1v) is 8.28. The summed E-state index contributed by atoms with van der Waals surface area (Å²) in [7, 11) is 2.01. The van der Waals surface area contributed by atoms with Crippen molar-refractivity contribution in [3.63, 3.8) is 0 Å². The van der Waals surface area contributed by atoms with Crippen molar-refractivity contribution in [2.45, 2.75) is 26.2 Å². The minimum Gasteiger partial charge on any atom is -0.299 e. The highest BCUT2D eigenvalue weighted by atomic mass is 32.1. The van der Waals surface area contributed by atoms with Gasteiger partial charge in [0.05, 0.1) is 6.54 Å². The van der Waals surface area contributed by atoms with Crippen LogP contribution in [0.2, 0.25) is 0 Å². The van der Waals surface area contributed by atoms with Crippen LogP contribution in [0.3, 0.4) is 0 Å². The van der Waals surface area contributed by atoms with Crippen molar-refractivity contribution in [1.82, 2.24) is 4.90 Å². The van der Waals surface area contributed by atoms with E-state index in [1.807, 2.05) is 19.2 Å². The number of thiophene rings is 1. The zero-order valence-corrected chi connectivity index (χ0v) is 13.8. The van der Waals surface area contributed by atoms with Crippen LogP contribution < -0.4 is 0 Å². The number of benzene rings is 1. The van der Waals surface area contributed by atoms with Gasteiger partial charge >= 0.3 is 0 Å². The fraction of sp³-hybridized carbons (Fsp3) is 0.389. The monoisotopic (exact) mass is 301 g/mol. The van der Waals surface area contributed by atoms with E-state index in [0.717, 1.165) is 18.5 Å². The molecule has 0 unspecified atom stereocenters. The van der Waals surface area contributed by atoms with Gasteiger partial charge < -0.3 is 0 Å². The number of carbonyl (C=O) groups excluding carboxylic acids is 1. The molecule has 1 heterocycles. The molecule has 21 heavy (non-hydrogen) atoms.